The molecule has 0 aliphatic heterocycles. The molecule has 0 unspecified atom stereocenters. The first-order valence-electron chi connectivity index (χ1n) is 8.91. The Morgan fingerprint density at radius 3 is 2.40 bits per heavy atom. The third kappa shape index (κ3) is 3.45. The summed E-state index contributed by atoms with van der Waals surface area (Å²) in [5.41, 5.74) is -0.925. The highest BCUT2D eigenvalue weighted by Gasteiger charge is 2.38. The lowest BCUT2D eigenvalue weighted by atomic mass is 10.1. The van der Waals surface area contributed by atoms with Crippen molar-refractivity contribution in [2.24, 2.45) is 0 Å². The normalized spacial score (nSPS) is 11.6. The summed E-state index contributed by atoms with van der Waals surface area (Å²) in [6, 6.07) is 15.7. The van der Waals surface area contributed by atoms with Crippen LogP contribution < -0.4 is 10.9 Å². The van der Waals surface area contributed by atoms with Gasteiger partial charge in [0.2, 0.25) is 5.91 Å². The topological polar surface area (TPSA) is 79.3 Å². The van der Waals surface area contributed by atoms with Gasteiger partial charge in [0, 0.05) is 18.6 Å². The number of alkyl halides is 3. The highest BCUT2D eigenvalue weighted by molar-refractivity contribution is 5.94. The molecular weight excluding hydrogens is 397 g/mol. The number of aromatic nitrogens is 3. The molecule has 0 saturated carbocycles. The number of amides is 1. The molecular formula is C21H15F3N4O2. The van der Waals surface area contributed by atoms with Crippen LogP contribution in [0.5, 0.6) is 0 Å². The number of hydrogen-bond acceptors (Lipinski definition) is 3. The van der Waals surface area contributed by atoms with Crippen molar-refractivity contribution >= 4 is 17.2 Å². The van der Waals surface area contributed by atoms with Gasteiger partial charge in [-0.3, -0.25) is 14.7 Å². The van der Waals surface area contributed by atoms with Gasteiger partial charge < -0.3 is 5.32 Å². The minimum absolute atomic E-state index is 0.147. The van der Waals surface area contributed by atoms with Gasteiger partial charge in [-0.1, -0.05) is 48.5 Å². The van der Waals surface area contributed by atoms with Gasteiger partial charge in [0.05, 0.1) is 16.9 Å². The molecule has 9 heteroatoms. The summed E-state index contributed by atoms with van der Waals surface area (Å²) in [7, 11) is 0. The molecule has 1 amide bonds. The number of aromatic amines is 1. The predicted octanol–water partition coefficient (Wildman–Crippen LogP) is 4.33. The molecule has 2 N–H and O–H groups in total. The average molecular weight is 412 g/mol. The van der Waals surface area contributed by atoms with Gasteiger partial charge in [-0.15, -0.1) is 0 Å². The molecule has 0 fully saturated rings. The van der Waals surface area contributed by atoms with Gasteiger partial charge in [0.1, 0.15) is 5.69 Å². The Hall–Kier alpha value is -3.88. The molecule has 2 heterocycles. The van der Waals surface area contributed by atoms with E-state index in [1.807, 2.05) is 0 Å². The summed E-state index contributed by atoms with van der Waals surface area (Å²) in [4.78, 5) is 28.5. The molecule has 4 aromatic rings. The number of hydrogen-bond donors (Lipinski definition) is 2. The van der Waals surface area contributed by atoms with E-state index in [-0.39, 0.29) is 28.4 Å². The zero-order valence-electron chi connectivity index (χ0n) is 15.6. The molecule has 2 aromatic carbocycles. The van der Waals surface area contributed by atoms with E-state index in [9.17, 15) is 22.8 Å². The number of para-hydroxylation sites is 1. The zero-order chi connectivity index (χ0) is 21.5. The summed E-state index contributed by atoms with van der Waals surface area (Å²) in [5.74, 6) is -0.328. The number of nitrogens with zero attached hydrogens (tertiary/aromatic N) is 2. The molecule has 0 spiro atoms. The van der Waals surface area contributed by atoms with Gasteiger partial charge in [-0.05, 0) is 11.6 Å². The summed E-state index contributed by atoms with van der Waals surface area (Å²) >= 11 is 0. The quantitative estimate of drug-likeness (QED) is 0.526. The maximum absolute atomic E-state index is 13.7. The number of rotatable bonds is 3. The number of carbonyl (C=O) groups excluding carboxylic acids is 1. The average Bonchev–Trinajstić information content (AvgIpc) is 3.09. The van der Waals surface area contributed by atoms with Crippen molar-refractivity contribution in [3.8, 4) is 22.4 Å². The van der Waals surface area contributed by atoms with E-state index in [1.165, 1.54) is 19.1 Å². The Kier molecular flexibility index (Phi) is 4.65. The van der Waals surface area contributed by atoms with Crippen molar-refractivity contribution in [2.45, 2.75) is 13.1 Å². The second-order valence-corrected chi connectivity index (χ2v) is 6.59. The predicted molar refractivity (Wildman–Crippen MR) is 106 cm³/mol. The monoisotopic (exact) mass is 412 g/mol. The van der Waals surface area contributed by atoms with Crippen LogP contribution in [0.25, 0.3) is 28.0 Å². The minimum Gasteiger partial charge on any atom is -0.326 e. The van der Waals surface area contributed by atoms with Gasteiger partial charge in [0.15, 0.2) is 5.65 Å². The summed E-state index contributed by atoms with van der Waals surface area (Å²) < 4.78 is 41.9. The van der Waals surface area contributed by atoms with Crippen molar-refractivity contribution in [1.82, 2.24) is 14.6 Å². The first kappa shape index (κ1) is 19.4. The van der Waals surface area contributed by atoms with E-state index in [1.54, 1.807) is 42.5 Å². The Morgan fingerprint density at radius 2 is 1.73 bits per heavy atom. The lowest BCUT2D eigenvalue weighted by Crippen LogP contribution is -2.16. The first-order chi connectivity index (χ1) is 14.3. The van der Waals surface area contributed by atoms with Crippen LogP contribution in [-0.2, 0) is 11.0 Å². The molecule has 0 aliphatic carbocycles. The highest BCUT2D eigenvalue weighted by Crippen LogP contribution is 2.38. The number of anilines is 1. The molecule has 0 aliphatic rings. The van der Waals surface area contributed by atoms with Crippen LogP contribution in [0.4, 0.5) is 18.9 Å². The van der Waals surface area contributed by atoms with Crippen LogP contribution in [0.15, 0.2) is 65.5 Å². The maximum Gasteiger partial charge on any atom is 0.433 e. The van der Waals surface area contributed by atoms with Gasteiger partial charge in [-0.2, -0.15) is 13.2 Å². The van der Waals surface area contributed by atoms with E-state index >= 15 is 0 Å². The molecule has 0 saturated heterocycles. The molecule has 0 bridgehead atoms. The molecule has 152 valence electrons. The molecule has 6 nitrogen and oxygen atoms in total. The smallest absolute Gasteiger partial charge is 0.326 e. The first-order valence-corrected chi connectivity index (χ1v) is 8.91. The van der Waals surface area contributed by atoms with Crippen LogP contribution in [0, 0.1) is 0 Å². The SMILES string of the molecule is CC(=O)Nc1ccccc1-c1cc(=O)n2[nH]c(C(F)(F)F)c(-c3ccccc3)c2n1. The number of carbonyl (C=O) groups is 1. The second-order valence-electron chi connectivity index (χ2n) is 6.59. The van der Waals surface area contributed by atoms with E-state index in [4.69, 9.17) is 0 Å². The third-order valence-electron chi connectivity index (χ3n) is 4.48. The number of halogens is 3. The van der Waals surface area contributed by atoms with E-state index in [0.29, 0.717) is 11.3 Å². The van der Waals surface area contributed by atoms with Gasteiger partial charge >= 0.3 is 6.18 Å². The largest absolute Gasteiger partial charge is 0.433 e. The lowest BCUT2D eigenvalue weighted by Gasteiger charge is -2.10. The Bertz CT molecular complexity index is 1310. The fraction of sp³-hybridized carbons (Fsp3) is 0.0952. The lowest BCUT2D eigenvalue weighted by molar-refractivity contribution is -0.140. The number of nitrogens with one attached hydrogen (secondary N) is 2. The number of benzene rings is 2. The molecule has 2 aromatic heterocycles. The van der Waals surface area contributed by atoms with Gasteiger partial charge in [0.25, 0.3) is 5.56 Å². The number of H-pyrrole nitrogens is 1. The van der Waals surface area contributed by atoms with Gasteiger partial charge in [-0.25, -0.2) is 9.50 Å². The fourth-order valence-electron chi connectivity index (χ4n) is 3.26. The third-order valence-corrected chi connectivity index (χ3v) is 4.48. The minimum atomic E-state index is -4.72. The highest BCUT2D eigenvalue weighted by atomic mass is 19.4. The molecule has 30 heavy (non-hydrogen) atoms. The maximum atomic E-state index is 13.7. The van der Waals surface area contributed by atoms with Crippen LogP contribution in [0.1, 0.15) is 12.6 Å². The Morgan fingerprint density at radius 1 is 1.07 bits per heavy atom. The van der Waals surface area contributed by atoms with Crippen LogP contribution >= 0.6 is 0 Å². The van der Waals surface area contributed by atoms with Crippen molar-refractivity contribution in [2.75, 3.05) is 5.32 Å². The fourth-order valence-corrected chi connectivity index (χ4v) is 3.26. The van der Waals surface area contributed by atoms with Crippen LogP contribution in [0.2, 0.25) is 0 Å². The van der Waals surface area contributed by atoms with E-state index < -0.39 is 17.4 Å². The van der Waals surface area contributed by atoms with Crippen molar-refractivity contribution < 1.29 is 18.0 Å². The molecule has 4 rings (SSSR count). The van der Waals surface area contributed by atoms with Crippen LogP contribution in [-0.4, -0.2) is 20.5 Å². The zero-order valence-corrected chi connectivity index (χ0v) is 15.6. The van der Waals surface area contributed by atoms with Crippen molar-refractivity contribution in [1.29, 1.82) is 0 Å². The summed E-state index contributed by atoms with van der Waals surface area (Å²) in [6.07, 6.45) is -4.72. The van der Waals surface area contributed by atoms with Crippen molar-refractivity contribution in [3.05, 3.63) is 76.7 Å². The molecule has 0 radical (unpaired) electrons. The van der Waals surface area contributed by atoms with Crippen LogP contribution in [0.3, 0.4) is 0 Å². The van der Waals surface area contributed by atoms with E-state index in [2.05, 4.69) is 15.4 Å². The standard InChI is InChI=1S/C21H15F3N4O2/c1-12(29)25-15-10-6-5-9-14(15)16-11-17(30)28-20(26-16)18(13-7-3-2-4-8-13)19(27-28)21(22,23)24/h2-11,27H,1H3,(H,25,29). The Balaban J connectivity index is 2.04. The van der Waals surface area contributed by atoms with Crippen molar-refractivity contribution in [3.63, 3.8) is 0 Å². The summed E-state index contributed by atoms with van der Waals surface area (Å²) in [5, 5.41) is 4.78. The number of fused-ring (bicyclic) bond motifs is 1. The summed E-state index contributed by atoms with van der Waals surface area (Å²) in [6.45, 7) is 1.33. The second kappa shape index (κ2) is 7.18. The molecule has 0 atom stereocenters. The Labute approximate surface area is 168 Å². The van der Waals surface area contributed by atoms with E-state index in [0.717, 1.165) is 10.6 Å².